The number of hydrogen-bond acceptors (Lipinski definition) is 7. The molecule has 0 spiro atoms. The van der Waals surface area contributed by atoms with E-state index in [0.717, 1.165) is 12.0 Å². The van der Waals surface area contributed by atoms with Crippen LogP contribution in [0.3, 0.4) is 0 Å². The van der Waals surface area contributed by atoms with E-state index in [1.807, 2.05) is 31.3 Å². The van der Waals surface area contributed by atoms with Gasteiger partial charge in [0.1, 0.15) is 29.8 Å². The third kappa shape index (κ3) is 8.32. The molecule has 2 aromatic rings. The third-order valence-electron chi connectivity index (χ3n) is 4.96. The first kappa shape index (κ1) is 25.4. The van der Waals surface area contributed by atoms with Gasteiger partial charge in [0, 0.05) is 26.6 Å². The summed E-state index contributed by atoms with van der Waals surface area (Å²) in [6, 6.07) is 14.6. The van der Waals surface area contributed by atoms with Crippen LogP contribution in [0.2, 0.25) is 0 Å². The number of esters is 2. The van der Waals surface area contributed by atoms with Gasteiger partial charge in [0.25, 0.3) is 0 Å². The normalized spacial score (nSPS) is 12.0. The maximum absolute atomic E-state index is 12.9. The van der Waals surface area contributed by atoms with Crippen LogP contribution in [0.5, 0.6) is 11.5 Å². The molecule has 0 amide bonds. The molecule has 7 nitrogen and oxygen atoms in total. The lowest BCUT2D eigenvalue weighted by Crippen LogP contribution is -2.39. The summed E-state index contributed by atoms with van der Waals surface area (Å²) in [4.78, 5) is 26.3. The molecule has 0 N–H and O–H groups in total. The number of benzene rings is 2. The Kier molecular flexibility index (Phi) is 10.2. The Balaban J connectivity index is 2.08. The number of likely N-dealkylation sites (N-methyl/N-ethyl adjacent to an activating group) is 1. The zero-order valence-corrected chi connectivity index (χ0v) is 19.5. The van der Waals surface area contributed by atoms with Gasteiger partial charge in [-0.2, -0.15) is 0 Å². The lowest BCUT2D eigenvalue weighted by Gasteiger charge is -2.27. The van der Waals surface area contributed by atoms with Crippen LogP contribution in [-0.4, -0.2) is 62.9 Å². The molecule has 0 fully saturated rings. The van der Waals surface area contributed by atoms with Gasteiger partial charge in [-0.15, -0.1) is 0 Å². The second kappa shape index (κ2) is 12.8. The van der Waals surface area contributed by atoms with Gasteiger partial charge in [-0.25, -0.2) is 4.79 Å². The summed E-state index contributed by atoms with van der Waals surface area (Å²) >= 11 is 0. The van der Waals surface area contributed by atoms with Crippen molar-refractivity contribution in [2.24, 2.45) is 0 Å². The highest BCUT2D eigenvalue weighted by atomic mass is 16.6. The van der Waals surface area contributed by atoms with Crippen LogP contribution in [0.15, 0.2) is 48.5 Å². The molecule has 1 atom stereocenters. The lowest BCUT2D eigenvalue weighted by molar-refractivity contribution is -0.131. The quantitative estimate of drug-likeness (QED) is 0.365. The maximum atomic E-state index is 12.9. The number of methoxy groups -OCH3 is 1. The second-order valence-electron chi connectivity index (χ2n) is 7.85. The van der Waals surface area contributed by atoms with Crippen LogP contribution >= 0.6 is 0 Å². The number of nitrogens with zero attached hydrogens (tertiary/aromatic N) is 1. The summed E-state index contributed by atoms with van der Waals surface area (Å²) in [5, 5.41) is 0. The zero-order valence-electron chi connectivity index (χ0n) is 19.5. The van der Waals surface area contributed by atoms with Crippen molar-refractivity contribution in [3.05, 3.63) is 59.7 Å². The van der Waals surface area contributed by atoms with Crippen molar-refractivity contribution in [3.8, 4) is 11.5 Å². The fourth-order valence-electron chi connectivity index (χ4n) is 2.91. The number of rotatable bonds is 12. The fraction of sp³-hybridized carbons (Fsp3) is 0.440. The van der Waals surface area contributed by atoms with Crippen LogP contribution in [0.4, 0.5) is 0 Å². The zero-order chi connectivity index (χ0) is 23.5. The molecular weight excluding hydrogens is 410 g/mol. The highest BCUT2D eigenvalue weighted by Crippen LogP contribution is 2.21. The van der Waals surface area contributed by atoms with E-state index in [1.54, 1.807) is 31.4 Å². The van der Waals surface area contributed by atoms with Crippen molar-refractivity contribution in [1.29, 1.82) is 0 Å². The van der Waals surface area contributed by atoms with Crippen LogP contribution in [0, 0.1) is 0 Å². The van der Waals surface area contributed by atoms with Crippen molar-refractivity contribution in [2.45, 2.75) is 39.3 Å². The van der Waals surface area contributed by atoms with Crippen LogP contribution in [0.25, 0.3) is 0 Å². The first-order valence-corrected chi connectivity index (χ1v) is 10.7. The molecule has 0 aliphatic heterocycles. The second-order valence-corrected chi connectivity index (χ2v) is 7.85. The Morgan fingerprint density at radius 2 is 1.72 bits per heavy atom. The van der Waals surface area contributed by atoms with Gasteiger partial charge in [0.2, 0.25) is 0 Å². The van der Waals surface area contributed by atoms with Crippen LogP contribution in [0.1, 0.15) is 36.7 Å². The average molecular weight is 444 g/mol. The first-order chi connectivity index (χ1) is 15.3. The van der Waals surface area contributed by atoms with E-state index in [9.17, 15) is 9.59 Å². The Morgan fingerprint density at radius 1 is 1.03 bits per heavy atom. The van der Waals surface area contributed by atoms with E-state index < -0.39 is 18.0 Å². The molecule has 174 valence electrons. The van der Waals surface area contributed by atoms with Gasteiger partial charge in [0.05, 0.1) is 6.61 Å². The predicted molar refractivity (Wildman–Crippen MR) is 122 cm³/mol. The molecular formula is C25H33NO6. The van der Waals surface area contributed by atoms with E-state index in [4.69, 9.17) is 18.9 Å². The van der Waals surface area contributed by atoms with Gasteiger partial charge in [-0.3, -0.25) is 4.79 Å². The molecule has 2 aromatic carbocycles. The summed E-state index contributed by atoms with van der Waals surface area (Å²) in [6.07, 6.45) is 0.311. The van der Waals surface area contributed by atoms with Gasteiger partial charge in [-0.05, 0) is 57.1 Å². The van der Waals surface area contributed by atoms with E-state index in [0.29, 0.717) is 18.9 Å². The fourth-order valence-corrected chi connectivity index (χ4v) is 2.91. The molecule has 0 heterocycles. The molecule has 0 aliphatic carbocycles. The third-order valence-corrected chi connectivity index (χ3v) is 4.96. The SMILES string of the molecule is COCCc1ccc(OCC(CN(C)C(C)C)OC(=O)c2ccccc2OC(C)=O)cc1. The number of carbonyl (C=O) groups is 2. The summed E-state index contributed by atoms with van der Waals surface area (Å²) < 4.78 is 21.9. The maximum Gasteiger partial charge on any atom is 0.342 e. The molecule has 0 aromatic heterocycles. The molecule has 0 bridgehead atoms. The predicted octanol–water partition coefficient (Wildman–Crippen LogP) is 3.75. The molecule has 0 aliphatic rings. The molecule has 7 heteroatoms. The standard InChI is InChI=1S/C25H33NO6/c1-18(2)26(4)16-22(17-30-21-12-10-20(11-13-21)14-15-29-5)32-25(28)23-8-6-7-9-24(23)31-19(3)27/h6-13,18,22H,14-17H2,1-5H3. The van der Waals surface area contributed by atoms with Crippen LogP contribution < -0.4 is 9.47 Å². The summed E-state index contributed by atoms with van der Waals surface area (Å²) in [7, 11) is 3.64. The molecule has 0 saturated carbocycles. The van der Waals surface area contributed by atoms with Crippen molar-refractivity contribution in [2.75, 3.05) is 33.9 Å². The van der Waals surface area contributed by atoms with Crippen molar-refractivity contribution in [1.82, 2.24) is 4.90 Å². The van der Waals surface area contributed by atoms with Gasteiger partial charge in [0.15, 0.2) is 0 Å². The number of carbonyl (C=O) groups excluding carboxylic acids is 2. The summed E-state index contributed by atoms with van der Waals surface area (Å²) in [5.74, 6) is -0.200. The minimum Gasteiger partial charge on any atom is -0.490 e. The summed E-state index contributed by atoms with van der Waals surface area (Å²) in [5.41, 5.74) is 1.35. The van der Waals surface area contributed by atoms with Crippen LogP contribution in [-0.2, 0) is 20.7 Å². The smallest absolute Gasteiger partial charge is 0.342 e. The highest BCUT2D eigenvalue weighted by molar-refractivity contribution is 5.93. The molecule has 0 radical (unpaired) electrons. The Hall–Kier alpha value is -2.90. The minimum atomic E-state index is -0.567. The largest absolute Gasteiger partial charge is 0.490 e. The number of hydrogen-bond donors (Lipinski definition) is 0. The van der Waals surface area contributed by atoms with Gasteiger partial charge < -0.3 is 23.8 Å². The Morgan fingerprint density at radius 3 is 2.34 bits per heavy atom. The molecule has 0 saturated heterocycles. The van der Waals surface area contributed by atoms with Crippen molar-refractivity contribution >= 4 is 11.9 Å². The monoisotopic (exact) mass is 443 g/mol. The summed E-state index contributed by atoms with van der Waals surface area (Å²) in [6.45, 7) is 6.76. The molecule has 2 rings (SSSR count). The number of para-hydroxylation sites is 1. The Labute approximate surface area is 190 Å². The molecule has 1 unspecified atom stereocenters. The lowest BCUT2D eigenvalue weighted by atomic mass is 10.1. The highest BCUT2D eigenvalue weighted by Gasteiger charge is 2.22. The van der Waals surface area contributed by atoms with E-state index in [2.05, 4.69) is 18.7 Å². The van der Waals surface area contributed by atoms with Gasteiger partial charge in [-0.1, -0.05) is 24.3 Å². The van der Waals surface area contributed by atoms with Crippen molar-refractivity contribution < 1.29 is 28.5 Å². The first-order valence-electron chi connectivity index (χ1n) is 10.7. The molecule has 32 heavy (non-hydrogen) atoms. The van der Waals surface area contributed by atoms with Gasteiger partial charge >= 0.3 is 11.9 Å². The van der Waals surface area contributed by atoms with Crippen molar-refractivity contribution in [3.63, 3.8) is 0 Å². The number of ether oxygens (including phenoxy) is 4. The van der Waals surface area contributed by atoms with E-state index in [1.165, 1.54) is 6.92 Å². The minimum absolute atomic E-state index is 0.175. The van der Waals surface area contributed by atoms with E-state index >= 15 is 0 Å². The Bertz CT molecular complexity index is 865. The average Bonchev–Trinajstić information content (AvgIpc) is 2.76. The topological polar surface area (TPSA) is 74.3 Å². The van der Waals surface area contributed by atoms with E-state index in [-0.39, 0.29) is 24.0 Å².